The molecule has 0 bridgehead atoms. The number of hydrogen-bond acceptors (Lipinski definition) is 7. The van der Waals surface area contributed by atoms with E-state index in [4.69, 9.17) is 16.3 Å². The number of fused-ring (bicyclic) bond motifs is 1. The molecule has 1 atom stereocenters. The SMILES string of the molecule is CC(C)(OC(=O)Nc1ccc2c(c1)N(S(=O)(=O)c1ccc(F)c(Cl)c1)CC(CNS(=O)(=O)C1CC1)O2)C(F)(F)F. The number of hydrogen-bond donors (Lipinski definition) is 2. The lowest BCUT2D eigenvalue weighted by Gasteiger charge is -2.36. The number of carbonyl (C=O) groups excluding carboxylic acids is 1. The van der Waals surface area contributed by atoms with Gasteiger partial charge in [-0.15, -0.1) is 0 Å². The summed E-state index contributed by atoms with van der Waals surface area (Å²) in [5.74, 6) is -0.893. The van der Waals surface area contributed by atoms with Gasteiger partial charge in [0, 0.05) is 12.2 Å². The summed E-state index contributed by atoms with van der Waals surface area (Å²) in [6.45, 7) is 0.639. The van der Waals surface area contributed by atoms with E-state index in [0.29, 0.717) is 26.7 Å². The van der Waals surface area contributed by atoms with E-state index >= 15 is 0 Å². The predicted molar refractivity (Wildman–Crippen MR) is 137 cm³/mol. The van der Waals surface area contributed by atoms with E-state index in [1.54, 1.807) is 0 Å². The van der Waals surface area contributed by atoms with Crippen LogP contribution >= 0.6 is 11.6 Å². The molecule has 1 aliphatic heterocycles. The van der Waals surface area contributed by atoms with Crippen LogP contribution in [-0.4, -0.2) is 59.1 Å². The van der Waals surface area contributed by atoms with E-state index in [1.807, 2.05) is 0 Å². The summed E-state index contributed by atoms with van der Waals surface area (Å²) in [5.41, 5.74) is -3.07. The minimum atomic E-state index is -4.86. The highest BCUT2D eigenvalue weighted by atomic mass is 35.5. The molecule has 0 saturated heterocycles. The predicted octanol–water partition coefficient (Wildman–Crippen LogP) is 4.41. The number of rotatable bonds is 8. The Labute approximate surface area is 232 Å². The first-order valence-electron chi connectivity index (χ1n) is 11.7. The number of alkyl halides is 3. The van der Waals surface area contributed by atoms with Gasteiger partial charge in [-0.1, -0.05) is 11.6 Å². The Kier molecular flexibility index (Phi) is 7.94. The number of halogens is 5. The summed E-state index contributed by atoms with van der Waals surface area (Å²) in [5, 5.41) is 1.13. The van der Waals surface area contributed by atoms with Gasteiger partial charge in [0.2, 0.25) is 15.6 Å². The molecule has 2 N–H and O–H groups in total. The van der Waals surface area contributed by atoms with Gasteiger partial charge >= 0.3 is 12.3 Å². The molecule has 220 valence electrons. The lowest BCUT2D eigenvalue weighted by atomic mass is 10.1. The standard InChI is InChI=1S/C23H24ClF4N3O7S2/c1-22(2,23(26,27)28)38-21(32)30-13-3-8-20-19(9-13)31(40(35,36)16-6-7-18(25)17(24)10-16)12-14(37-20)11-29-39(33,34)15-4-5-15/h3,6-10,14-15,29H,4-5,11-12H2,1-2H3,(H,30,32). The number of nitrogens with one attached hydrogen (secondary N) is 2. The summed E-state index contributed by atoms with van der Waals surface area (Å²) in [6, 6.07) is 6.34. The fourth-order valence-electron chi connectivity index (χ4n) is 3.63. The Morgan fingerprint density at radius 2 is 1.80 bits per heavy atom. The van der Waals surface area contributed by atoms with E-state index in [0.717, 1.165) is 28.6 Å². The number of carbonyl (C=O) groups is 1. The molecular formula is C23H24ClF4N3O7S2. The molecular weight excluding hydrogens is 606 g/mol. The van der Waals surface area contributed by atoms with E-state index in [1.165, 1.54) is 12.1 Å². The van der Waals surface area contributed by atoms with E-state index in [2.05, 4.69) is 14.8 Å². The highest BCUT2D eigenvalue weighted by Gasteiger charge is 2.51. The summed E-state index contributed by atoms with van der Waals surface area (Å²) >= 11 is 5.79. The Hall–Kier alpha value is -2.82. The van der Waals surface area contributed by atoms with Crippen molar-refractivity contribution in [2.75, 3.05) is 22.7 Å². The molecule has 2 aromatic rings. The van der Waals surface area contributed by atoms with Crippen molar-refractivity contribution in [3.05, 3.63) is 47.2 Å². The molecule has 1 heterocycles. The van der Waals surface area contributed by atoms with Gasteiger partial charge in [0.1, 0.15) is 17.7 Å². The van der Waals surface area contributed by atoms with Gasteiger partial charge in [-0.3, -0.25) is 9.62 Å². The topological polar surface area (TPSA) is 131 Å². The van der Waals surface area contributed by atoms with Crippen molar-refractivity contribution in [2.24, 2.45) is 0 Å². The molecule has 1 saturated carbocycles. The maximum Gasteiger partial charge on any atom is 0.427 e. The van der Waals surface area contributed by atoms with Crippen LogP contribution in [0.4, 0.5) is 33.7 Å². The fraction of sp³-hybridized carbons (Fsp3) is 0.435. The Morgan fingerprint density at radius 1 is 1.12 bits per heavy atom. The zero-order chi connectivity index (χ0) is 29.7. The lowest BCUT2D eigenvalue weighted by Crippen LogP contribution is -2.48. The number of anilines is 2. The Bertz CT molecular complexity index is 1530. The summed E-state index contributed by atoms with van der Waals surface area (Å²) in [4.78, 5) is 11.8. The molecule has 1 amide bonds. The van der Waals surface area contributed by atoms with Crippen LogP contribution in [0.3, 0.4) is 0 Å². The third-order valence-electron chi connectivity index (χ3n) is 6.12. The van der Waals surface area contributed by atoms with Gasteiger partial charge in [-0.05, 0) is 63.1 Å². The van der Waals surface area contributed by atoms with Crippen molar-refractivity contribution < 1.29 is 48.7 Å². The second-order valence-electron chi connectivity index (χ2n) is 9.65. The number of sulfonamides is 2. The van der Waals surface area contributed by atoms with Crippen LogP contribution in [0.1, 0.15) is 26.7 Å². The molecule has 1 fully saturated rings. The highest BCUT2D eigenvalue weighted by Crippen LogP contribution is 2.40. The molecule has 0 aromatic heterocycles. The van der Waals surface area contributed by atoms with Crippen LogP contribution in [-0.2, 0) is 24.8 Å². The van der Waals surface area contributed by atoms with Gasteiger partial charge in [0.25, 0.3) is 10.0 Å². The highest BCUT2D eigenvalue weighted by molar-refractivity contribution is 7.92. The van der Waals surface area contributed by atoms with E-state index in [-0.39, 0.29) is 23.7 Å². The van der Waals surface area contributed by atoms with Crippen molar-refractivity contribution in [3.63, 3.8) is 0 Å². The first-order valence-corrected chi connectivity index (χ1v) is 15.1. The van der Waals surface area contributed by atoms with Crippen molar-refractivity contribution >= 4 is 49.1 Å². The number of benzene rings is 2. The minimum absolute atomic E-state index is 0.0341. The molecule has 17 heteroatoms. The monoisotopic (exact) mass is 629 g/mol. The second kappa shape index (κ2) is 10.5. The van der Waals surface area contributed by atoms with Crippen molar-refractivity contribution in [3.8, 4) is 5.75 Å². The van der Waals surface area contributed by atoms with Crippen molar-refractivity contribution in [1.29, 1.82) is 0 Å². The third-order valence-corrected chi connectivity index (χ3v) is 10.1. The summed E-state index contributed by atoms with van der Waals surface area (Å²) in [6.07, 6.45) is -6.29. The number of ether oxygens (including phenoxy) is 2. The van der Waals surface area contributed by atoms with Gasteiger partial charge in [-0.2, -0.15) is 13.2 Å². The second-order valence-corrected chi connectivity index (χ2v) is 14.0. The largest absolute Gasteiger partial charge is 0.485 e. The van der Waals surface area contributed by atoms with Crippen LogP contribution in [0.15, 0.2) is 41.3 Å². The van der Waals surface area contributed by atoms with Crippen LogP contribution in [0.5, 0.6) is 5.75 Å². The minimum Gasteiger partial charge on any atom is -0.485 e. The van der Waals surface area contributed by atoms with Crippen LogP contribution < -0.4 is 19.1 Å². The third kappa shape index (κ3) is 6.39. The first kappa shape index (κ1) is 30.1. The van der Waals surface area contributed by atoms with E-state index in [9.17, 15) is 39.2 Å². The number of nitrogens with zero attached hydrogens (tertiary/aromatic N) is 1. The average Bonchev–Trinajstić information content (AvgIpc) is 3.69. The molecule has 1 unspecified atom stereocenters. The normalized spacial score (nSPS) is 18.1. The molecule has 40 heavy (non-hydrogen) atoms. The first-order chi connectivity index (χ1) is 18.4. The maximum atomic E-state index is 13.7. The summed E-state index contributed by atoms with van der Waals surface area (Å²) < 4.78 is 118. The van der Waals surface area contributed by atoms with Crippen LogP contribution in [0, 0.1) is 5.82 Å². The zero-order valence-corrected chi connectivity index (χ0v) is 23.3. The lowest BCUT2D eigenvalue weighted by molar-refractivity contribution is -0.242. The maximum absolute atomic E-state index is 13.7. The van der Waals surface area contributed by atoms with Gasteiger partial charge in [0.15, 0.2) is 0 Å². The summed E-state index contributed by atoms with van der Waals surface area (Å²) in [7, 11) is -8.09. The molecule has 10 nitrogen and oxygen atoms in total. The molecule has 2 aliphatic rings. The molecule has 4 rings (SSSR count). The van der Waals surface area contributed by atoms with Crippen molar-refractivity contribution in [2.45, 2.75) is 54.7 Å². The Morgan fingerprint density at radius 3 is 2.40 bits per heavy atom. The van der Waals surface area contributed by atoms with Crippen molar-refractivity contribution in [1.82, 2.24) is 4.72 Å². The molecule has 1 aliphatic carbocycles. The number of amides is 1. The fourth-order valence-corrected chi connectivity index (χ4v) is 6.81. The van der Waals surface area contributed by atoms with Gasteiger partial charge < -0.3 is 9.47 Å². The molecule has 2 aromatic carbocycles. The van der Waals surface area contributed by atoms with Crippen LogP contribution in [0.25, 0.3) is 0 Å². The van der Waals surface area contributed by atoms with Crippen LogP contribution in [0.2, 0.25) is 5.02 Å². The smallest absolute Gasteiger partial charge is 0.427 e. The average molecular weight is 630 g/mol. The Balaban J connectivity index is 1.65. The van der Waals surface area contributed by atoms with E-state index < -0.39 is 71.6 Å². The molecule has 0 radical (unpaired) electrons. The van der Waals surface area contributed by atoms with Gasteiger partial charge in [-0.25, -0.2) is 30.7 Å². The molecule has 0 spiro atoms. The quantitative estimate of drug-likeness (QED) is 0.414. The zero-order valence-electron chi connectivity index (χ0n) is 21.0. The van der Waals surface area contributed by atoms with Gasteiger partial charge in [0.05, 0.1) is 27.4 Å².